The van der Waals surface area contributed by atoms with Crippen LogP contribution in [0.1, 0.15) is 22.4 Å². The topological polar surface area (TPSA) is 67.1 Å². The maximum atomic E-state index is 14.3. The van der Waals surface area contributed by atoms with Gasteiger partial charge in [-0.2, -0.15) is 0 Å². The Kier molecular flexibility index (Phi) is 5.96. The van der Waals surface area contributed by atoms with Gasteiger partial charge in [0.2, 0.25) is 0 Å². The molecule has 0 fully saturated rings. The number of hydrogen-bond donors (Lipinski definition) is 2. The molecule has 2 N–H and O–H groups in total. The molecule has 0 unspecified atom stereocenters. The van der Waals surface area contributed by atoms with Crippen molar-refractivity contribution in [1.29, 1.82) is 0 Å². The van der Waals surface area contributed by atoms with E-state index in [0.717, 1.165) is 17.0 Å². The number of aliphatic imine (C=N–C) groups is 1. The minimum absolute atomic E-state index is 0.292. The van der Waals surface area contributed by atoms with Gasteiger partial charge in [-0.3, -0.25) is 4.99 Å². The molecule has 0 aliphatic heterocycles. The van der Waals surface area contributed by atoms with E-state index in [9.17, 15) is 4.39 Å². The van der Waals surface area contributed by atoms with Gasteiger partial charge in [0.15, 0.2) is 5.96 Å². The van der Waals surface area contributed by atoms with Crippen LogP contribution in [0.3, 0.4) is 0 Å². The fourth-order valence-corrected chi connectivity index (χ4v) is 3.23. The highest BCUT2D eigenvalue weighted by Gasteiger charge is 2.07. The third-order valence-corrected chi connectivity index (χ3v) is 4.98. The van der Waals surface area contributed by atoms with Gasteiger partial charge in [0, 0.05) is 37.1 Å². The molecule has 0 saturated heterocycles. The maximum Gasteiger partial charge on any atom is 0.191 e. The highest BCUT2D eigenvalue weighted by atomic mass is 32.1. The van der Waals surface area contributed by atoms with E-state index >= 15 is 0 Å². The van der Waals surface area contributed by atoms with Crippen LogP contribution in [0.25, 0.3) is 5.69 Å². The standard InChI is InChI=1S/C18H21FN6S/c1-3-14-10-22-17(26-14)11-24-18(20-2)23-9-13-4-5-16(15(19)8-13)25-7-6-21-12-25/h4-8,10,12H,3,9,11H2,1-2H3,(H2,20,23,24). The number of halogens is 1. The lowest BCUT2D eigenvalue weighted by Crippen LogP contribution is -2.36. The van der Waals surface area contributed by atoms with E-state index < -0.39 is 0 Å². The first kappa shape index (κ1) is 18.1. The van der Waals surface area contributed by atoms with Crippen LogP contribution in [0, 0.1) is 5.82 Å². The third kappa shape index (κ3) is 4.45. The van der Waals surface area contributed by atoms with Gasteiger partial charge >= 0.3 is 0 Å². The normalized spacial score (nSPS) is 11.6. The highest BCUT2D eigenvalue weighted by Crippen LogP contribution is 2.15. The van der Waals surface area contributed by atoms with E-state index in [2.05, 4.69) is 32.5 Å². The van der Waals surface area contributed by atoms with Crippen molar-refractivity contribution in [3.8, 4) is 5.69 Å². The van der Waals surface area contributed by atoms with Crippen LogP contribution in [0.5, 0.6) is 0 Å². The molecule has 2 aromatic heterocycles. The van der Waals surface area contributed by atoms with Crippen LogP contribution in [-0.4, -0.2) is 27.5 Å². The van der Waals surface area contributed by atoms with E-state index in [0.29, 0.717) is 24.7 Å². The Morgan fingerprint density at radius 2 is 2.15 bits per heavy atom. The summed E-state index contributed by atoms with van der Waals surface area (Å²) in [6.45, 7) is 3.19. The number of aryl methyl sites for hydroxylation is 1. The zero-order valence-corrected chi connectivity index (χ0v) is 15.6. The Balaban J connectivity index is 1.56. The lowest BCUT2D eigenvalue weighted by molar-refractivity contribution is 0.615. The van der Waals surface area contributed by atoms with Crippen molar-refractivity contribution in [2.45, 2.75) is 26.4 Å². The van der Waals surface area contributed by atoms with Crippen molar-refractivity contribution in [2.75, 3.05) is 7.05 Å². The molecule has 0 aliphatic carbocycles. The molecular weight excluding hydrogens is 351 g/mol. The van der Waals surface area contributed by atoms with Crippen LogP contribution >= 0.6 is 11.3 Å². The summed E-state index contributed by atoms with van der Waals surface area (Å²) in [5.74, 6) is 0.359. The van der Waals surface area contributed by atoms with E-state index in [-0.39, 0.29) is 5.82 Å². The van der Waals surface area contributed by atoms with Crippen LogP contribution in [0.15, 0.2) is 48.1 Å². The third-order valence-electron chi connectivity index (χ3n) is 3.84. The van der Waals surface area contributed by atoms with Gasteiger partial charge in [-0.25, -0.2) is 14.4 Å². The van der Waals surface area contributed by atoms with Gasteiger partial charge in [0.25, 0.3) is 0 Å². The molecule has 8 heteroatoms. The first-order chi connectivity index (χ1) is 12.7. The summed E-state index contributed by atoms with van der Waals surface area (Å²) in [5, 5.41) is 7.42. The Hall–Kier alpha value is -2.74. The maximum absolute atomic E-state index is 14.3. The molecule has 136 valence electrons. The molecule has 2 heterocycles. The number of guanidine groups is 1. The summed E-state index contributed by atoms with van der Waals surface area (Å²) in [7, 11) is 1.71. The summed E-state index contributed by atoms with van der Waals surface area (Å²) < 4.78 is 15.9. The number of benzene rings is 1. The van der Waals surface area contributed by atoms with Crippen molar-refractivity contribution >= 4 is 17.3 Å². The predicted molar refractivity (Wildman–Crippen MR) is 102 cm³/mol. The molecule has 0 bridgehead atoms. The number of rotatable bonds is 6. The predicted octanol–water partition coefficient (Wildman–Crippen LogP) is 2.90. The number of imidazole rings is 1. The van der Waals surface area contributed by atoms with Crippen molar-refractivity contribution in [3.05, 3.63) is 64.4 Å². The number of hydrogen-bond acceptors (Lipinski definition) is 4. The van der Waals surface area contributed by atoms with E-state index in [1.54, 1.807) is 47.7 Å². The minimum atomic E-state index is -0.292. The molecule has 3 rings (SSSR count). The lowest BCUT2D eigenvalue weighted by Gasteiger charge is -2.12. The molecule has 26 heavy (non-hydrogen) atoms. The summed E-state index contributed by atoms with van der Waals surface area (Å²) >= 11 is 1.69. The van der Waals surface area contributed by atoms with Crippen LogP contribution in [-0.2, 0) is 19.5 Å². The van der Waals surface area contributed by atoms with Crippen LogP contribution in [0.2, 0.25) is 0 Å². The first-order valence-corrected chi connectivity index (χ1v) is 9.16. The highest BCUT2D eigenvalue weighted by molar-refractivity contribution is 7.11. The SMILES string of the molecule is CCc1cnc(CNC(=NC)NCc2ccc(-n3ccnc3)c(F)c2)s1. The van der Waals surface area contributed by atoms with Crippen molar-refractivity contribution in [2.24, 2.45) is 4.99 Å². The Morgan fingerprint density at radius 3 is 2.81 bits per heavy atom. The quantitative estimate of drug-likeness (QED) is 0.516. The average molecular weight is 372 g/mol. The molecule has 6 nitrogen and oxygen atoms in total. The summed E-state index contributed by atoms with van der Waals surface area (Å²) in [6.07, 6.45) is 7.81. The second-order valence-electron chi connectivity index (χ2n) is 5.61. The Bertz CT molecular complexity index is 872. The molecule has 0 atom stereocenters. The number of nitrogens with one attached hydrogen (secondary N) is 2. The van der Waals surface area contributed by atoms with Crippen LogP contribution in [0.4, 0.5) is 4.39 Å². The zero-order chi connectivity index (χ0) is 18.4. The van der Waals surface area contributed by atoms with Crippen LogP contribution < -0.4 is 10.6 Å². The fourth-order valence-electron chi connectivity index (χ4n) is 2.43. The molecule has 0 aliphatic rings. The summed E-state index contributed by atoms with van der Waals surface area (Å²) in [5.41, 5.74) is 1.31. The molecule has 0 saturated carbocycles. The summed E-state index contributed by atoms with van der Waals surface area (Å²) in [4.78, 5) is 13.8. The molecular formula is C18H21FN6S. The number of aromatic nitrogens is 3. The van der Waals surface area contributed by atoms with E-state index in [1.807, 2.05) is 12.3 Å². The number of thiazole rings is 1. The Labute approximate surface area is 155 Å². The Morgan fingerprint density at radius 1 is 1.31 bits per heavy atom. The van der Waals surface area contributed by atoms with Gasteiger partial charge in [0.05, 0.1) is 18.6 Å². The molecule has 0 spiro atoms. The fraction of sp³-hybridized carbons (Fsp3) is 0.278. The van der Waals surface area contributed by atoms with Crippen molar-refractivity contribution < 1.29 is 4.39 Å². The van der Waals surface area contributed by atoms with E-state index in [4.69, 9.17) is 0 Å². The average Bonchev–Trinajstić information content (AvgIpc) is 3.33. The van der Waals surface area contributed by atoms with E-state index in [1.165, 1.54) is 10.9 Å². The largest absolute Gasteiger partial charge is 0.352 e. The number of nitrogens with zero attached hydrogens (tertiary/aromatic N) is 4. The monoisotopic (exact) mass is 372 g/mol. The van der Waals surface area contributed by atoms with Crippen molar-refractivity contribution in [1.82, 2.24) is 25.2 Å². The second kappa shape index (κ2) is 8.57. The lowest BCUT2D eigenvalue weighted by atomic mass is 10.2. The minimum Gasteiger partial charge on any atom is -0.352 e. The van der Waals surface area contributed by atoms with Gasteiger partial charge < -0.3 is 15.2 Å². The summed E-state index contributed by atoms with van der Waals surface area (Å²) in [6, 6.07) is 5.14. The zero-order valence-electron chi connectivity index (χ0n) is 14.7. The molecule has 3 aromatic rings. The smallest absolute Gasteiger partial charge is 0.191 e. The van der Waals surface area contributed by atoms with Gasteiger partial charge in [0.1, 0.15) is 10.8 Å². The molecule has 1 aromatic carbocycles. The second-order valence-corrected chi connectivity index (χ2v) is 6.81. The first-order valence-electron chi connectivity index (χ1n) is 8.34. The van der Waals surface area contributed by atoms with Gasteiger partial charge in [-0.05, 0) is 24.1 Å². The van der Waals surface area contributed by atoms with Gasteiger partial charge in [-0.15, -0.1) is 11.3 Å². The van der Waals surface area contributed by atoms with Crippen molar-refractivity contribution in [3.63, 3.8) is 0 Å². The molecule has 0 amide bonds. The molecule has 0 radical (unpaired) electrons. The van der Waals surface area contributed by atoms with Gasteiger partial charge in [-0.1, -0.05) is 13.0 Å².